The molecule has 4 atom stereocenters. The molecule has 0 aliphatic carbocycles. The van der Waals surface area contributed by atoms with Gasteiger partial charge in [0.2, 0.25) is 15.6 Å². The number of halogens is 3. The van der Waals surface area contributed by atoms with Gasteiger partial charge in [-0.15, -0.1) is 0 Å². The summed E-state index contributed by atoms with van der Waals surface area (Å²) in [7, 11) is 0. The Morgan fingerprint density at radius 2 is 1.80 bits per heavy atom. The van der Waals surface area contributed by atoms with Crippen molar-refractivity contribution in [2.45, 2.75) is 82.4 Å². The Morgan fingerprint density at radius 3 is 2.43 bits per heavy atom. The van der Waals surface area contributed by atoms with Crippen molar-refractivity contribution in [3.8, 4) is 0 Å². The van der Waals surface area contributed by atoms with E-state index in [4.69, 9.17) is 39.5 Å². The molecule has 1 aromatic carbocycles. The Morgan fingerprint density at radius 1 is 1.11 bits per heavy atom. The largest absolute Gasteiger partial charge is 0.460 e. The molecule has 252 valence electrons. The number of hydrazine groups is 1. The molecule has 0 radical (unpaired) electrons. The number of aromatic nitrogens is 1. The standard InChI is InChI=1S/C32H42Cl3N5O6/c1-18(2)26(27(42)37-19(3)28(43)40-13-7-8-25(39-40)29(44)46-17-32(33,34)35)38-30(45)31(5,6)12-11-24-15-23-14-21(20(4)41)9-10-22(23)16-36-24/h9-12,14-16,18-20,25-26,39,41H,7-8,13,17H2,1-6H3,(H,37,42)(H,38,45)/t19-,20+,25-,26-/m0/s1. The Labute approximate surface area is 284 Å². The molecule has 1 saturated heterocycles. The fraction of sp³-hybridized carbons (Fsp3) is 0.531. The van der Waals surface area contributed by atoms with E-state index in [1.165, 1.54) is 11.9 Å². The van der Waals surface area contributed by atoms with E-state index in [1.54, 1.807) is 53.0 Å². The molecular weight excluding hydrogens is 657 g/mol. The fourth-order valence-electron chi connectivity index (χ4n) is 4.73. The molecule has 3 amide bonds. The third-order valence-corrected chi connectivity index (χ3v) is 7.91. The van der Waals surface area contributed by atoms with Crippen LogP contribution in [-0.4, -0.2) is 73.9 Å². The summed E-state index contributed by atoms with van der Waals surface area (Å²) in [6, 6.07) is 4.82. The molecule has 0 spiro atoms. The van der Waals surface area contributed by atoms with E-state index in [0.717, 1.165) is 16.3 Å². The summed E-state index contributed by atoms with van der Waals surface area (Å²) in [5, 5.41) is 18.5. The number of carbonyl (C=O) groups excluding carboxylic acids is 4. The van der Waals surface area contributed by atoms with Gasteiger partial charge < -0.3 is 20.5 Å². The van der Waals surface area contributed by atoms with Gasteiger partial charge in [-0.3, -0.25) is 29.2 Å². The normalized spacial score (nSPS) is 17.9. The van der Waals surface area contributed by atoms with Crippen LogP contribution in [-0.2, 0) is 23.9 Å². The van der Waals surface area contributed by atoms with E-state index in [1.807, 2.05) is 24.3 Å². The number of hydrogen-bond acceptors (Lipinski definition) is 8. The van der Waals surface area contributed by atoms with Crippen molar-refractivity contribution in [2.24, 2.45) is 11.3 Å². The first-order valence-corrected chi connectivity index (χ1v) is 16.2. The number of carbonyl (C=O) groups is 4. The highest BCUT2D eigenvalue weighted by Gasteiger charge is 2.35. The minimum absolute atomic E-state index is 0.290. The zero-order chi connectivity index (χ0) is 34.4. The van der Waals surface area contributed by atoms with Crippen LogP contribution in [0.5, 0.6) is 0 Å². The van der Waals surface area contributed by atoms with Gasteiger partial charge in [0, 0.05) is 18.1 Å². The van der Waals surface area contributed by atoms with E-state index >= 15 is 0 Å². The number of nitrogens with one attached hydrogen (secondary N) is 3. The first-order valence-electron chi connectivity index (χ1n) is 15.1. The lowest BCUT2D eigenvalue weighted by Gasteiger charge is -2.35. The Kier molecular flexibility index (Phi) is 12.8. The van der Waals surface area contributed by atoms with Gasteiger partial charge >= 0.3 is 5.97 Å². The second kappa shape index (κ2) is 15.8. The molecule has 2 aromatic rings. The lowest BCUT2D eigenvalue weighted by Crippen LogP contribution is -2.61. The van der Waals surface area contributed by atoms with Gasteiger partial charge in [0.1, 0.15) is 24.7 Å². The predicted molar refractivity (Wildman–Crippen MR) is 179 cm³/mol. The van der Waals surface area contributed by atoms with Crippen LogP contribution in [0, 0.1) is 11.3 Å². The number of esters is 1. The van der Waals surface area contributed by atoms with Gasteiger partial charge in [-0.05, 0) is 75.6 Å². The maximum atomic E-state index is 13.4. The van der Waals surface area contributed by atoms with Crippen LogP contribution in [0.15, 0.2) is 36.5 Å². The highest BCUT2D eigenvalue weighted by Crippen LogP contribution is 2.27. The first kappa shape index (κ1) is 37.5. The lowest BCUT2D eigenvalue weighted by atomic mass is 9.90. The number of alkyl halides is 3. The number of fused-ring (bicyclic) bond motifs is 1. The summed E-state index contributed by atoms with van der Waals surface area (Å²) in [6.07, 6.45) is 5.51. The molecule has 46 heavy (non-hydrogen) atoms. The van der Waals surface area contributed by atoms with E-state index < -0.39 is 57.8 Å². The average molecular weight is 699 g/mol. The summed E-state index contributed by atoms with van der Waals surface area (Å²) in [4.78, 5) is 56.7. The smallest absolute Gasteiger partial charge is 0.325 e. The zero-order valence-corrected chi connectivity index (χ0v) is 29.0. The van der Waals surface area contributed by atoms with Gasteiger partial charge in [-0.1, -0.05) is 66.9 Å². The highest BCUT2D eigenvalue weighted by molar-refractivity contribution is 6.67. The monoisotopic (exact) mass is 697 g/mol. The van der Waals surface area contributed by atoms with Crippen molar-refractivity contribution in [2.75, 3.05) is 13.2 Å². The average Bonchev–Trinajstić information content (AvgIpc) is 2.99. The molecule has 2 heterocycles. The number of ether oxygens (including phenoxy) is 1. The van der Waals surface area contributed by atoms with Crippen molar-refractivity contribution in [3.05, 3.63) is 47.8 Å². The molecule has 1 fully saturated rings. The zero-order valence-electron chi connectivity index (χ0n) is 26.8. The third kappa shape index (κ3) is 10.5. The third-order valence-electron chi connectivity index (χ3n) is 7.59. The molecular formula is C32H42Cl3N5O6. The van der Waals surface area contributed by atoms with Crippen molar-refractivity contribution in [1.29, 1.82) is 0 Å². The van der Waals surface area contributed by atoms with Gasteiger partial charge in [0.25, 0.3) is 5.91 Å². The topological polar surface area (TPSA) is 150 Å². The van der Waals surface area contributed by atoms with Crippen LogP contribution in [0.1, 0.15) is 71.7 Å². The summed E-state index contributed by atoms with van der Waals surface area (Å²) >= 11 is 17.0. The summed E-state index contributed by atoms with van der Waals surface area (Å²) in [5.74, 6) is -2.33. The van der Waals surface area contributed by atoms with Crippen molar-refractivity contribution in [1.82, 2.24) is 26.1 Å². The highest BCUT2D eigenvalue weighted by atomic mass is 35.6. The molecule has 1 aliphatic rings. The molecule has 0 saturated carbocycles. The van der Waals surface area contributed by atoms with Crippen molar-refractivity contribution in [3.63, 3.8) is 0 Å². The van der Waals surface area contributed by atoms with Crippen molar-refractivity contribution < 1.29 is 29.0 Å². The van der Waals surface area contributed by atoms with E-state index in [-0.39, 0.29) is 11.8 Å². The molecule has 11 nitrogen and oxygen atoms in total. The number of rotatable bonds is 11. The van der Waals surface area contributed by atoms with E-state index in [9.17, 15) is 24.3 Å². The molecule has 0 bridgehead atoms. The molecule has 1 aromatic heterocycles. The van der Waals surface area contributed by atoms with Crippen molar-refractivity contribution >= 4 is 75.3 Å². The number of benzene rings is 1. The van der Waals surface area contributed by atoms with Gasteiger partial charge in [0.05, 0.1) is 17.2 Å². The van der Waals surface area contributed by atoms with Gasteiger partial charge in [-0.2, -0.15) is 0 Å². The molecule has 14 heteroatoms. The molecule has 0 unspecified atom stereocenters. The quantitative estimate of drug-likeness (QED) is 0.200. The Bertz CT molecular complexity index is 1460. The first-order chi connectivity index (χ1) is 21.4. The number of nitrogens with zero attached hydrogens (tertiary/aromatic N) is 2. The van der Waals surface area contributed by atoms with Crippen LogP contribution >= 0.6 is 34.8 Å². The second-order valence-electron chi connectivity index (χ2n) is 12.4. The van der Waals surface area contributed by atoms with Gasteiger partial charge in [0.15, 0.2) is 0 Å². The molecule has 3 rings (SSSR count). The fourth-order valence-corrected chi connectivity index (χ4v) is 4.89. The maximum Gasteiger partial charge on any atom is 0.325 e. The number of hydrogen-bond donors (Lipinski definition) is 4. The number of pyridine rings is 1. The molecule has 4 N–H and O–H groups in total. The SMILES string of the molecule is CC(C)[C@H](NC(=O)C(C)(C)C=Cc1cc2cc([C@@H](C)O)ccc2cn1)C(=O)N[C@@H](C)C(=O)N1CCC[C@@H](C(=O)OCC(Cl)(Cl)Cl)N1. The van der Waals surface area contributed by atoms with Crippen LogP contribution in [0.4, 0.5) is 0 Å². The predicted octanol–water partition coefficient (Wildman–Crippen LogP) is 4.38. The minimum atomic E-state index is -1.76. The summed E-state index contributed by atoms with van der Waals surface area (Å²) < 4.78 is 3.27. The van der Waals surface area contributed by atoms with Crippen LogP contribution in [0.2, 0.25) is 0 Å². The summed E-state index contributed by atoms with van der Waals surface area (Å²) in [5.41, 5.74) is 3.24. The lowest BCUT2D eigenvalue weighted by molar-refractivity contribution is -0.152. The maximum absolute atomic E-state index is 13.4. The van der Waals surface area contributed by atoms with E-state index in [0.29, 0.717) is 25.1 Å². The number of aliphatic hydroxyl groups is 1. The van der Waals surface area contributed by atoms with Crippen LogP contribution < -0.4 is 16.1 Å². The minimum Gasteiger partial charge on any atom is -0.460 e. The van der Waals surface area contributed by atoms with E-state index in [2.05, 4.69) is 21.0 Å². The Balaban J connectivity index is 1.62. The molecule has 1 aliphatic heterocycles. The van der Waals surface area contributed by atoms with Crippen LogP contribution in [0.25, 0.3) is 16.8 Å². The number of aliphatic hydroxyl groups excluding tert-OH is 1. The van der Waals surface area contributed by atoms with Gasteiger partial charge in [-0.25, -0.2) is 5.43 Å². The number of amides is 3. The van der Waals surface area contributed by atoms with Crippen LogP contribution in [0.3, 0.4) is 0 Å². The Hall–Kier alpha value is -2.96. The summed E-state index contributed by atoms with van der Waals surface area (Å²) in [6.45, 7) is 10.1. The second-order valence-corrected chi connectivity index (χ2v) is 14.9.